The van der Waals surface area contributed by atoms with Crippen molar-refractivity contribution >= 4 is 11.8 Å². The first-order chi connectivity index (χ1) is 14.2. The largest absolute Gasteiger partial charge is 0.459 e. The minimum atomic E-state index is -0.164. The predicted octanol–water partition coefficient (Wildman–Crippen LogP) is 2.81. The van der Waals surface area contributed by atoms with Gasteiger partial charge in [-0.15, -0.1) is 0 Å². The standard InChI is InChI=1S/C22H18N4O3/c23-15-18-6-2-8-24-20(18)16-4-1-5-17(14-16)21(27)25-9-11-26(12-10-25)22(28)19-7-3-13-29-19/h1-8,13-14H,9-12H2. The van der Waals surface area contributed by atoms with Gasteiger partial charge in [0.15, 0.2) is 5.76 Å². The highest BCUT2D eigenvalue weighted by Gasteiger charge is 2.26. The van der Waals surface area contributed by atoms with Crippen LogP contribution in [0.5, 0.6) is 0 Å². The molecule has 144 valence electrons. The topological polar surface area (TPSA) is 90.4 Å². The molecule has 0 radical (unpaired) electrons. The van der Waals surface area contributed by atoms with Gasteiger partial charge in [-0.1, -0.05) is 12.1 Å². The summed E-state index contributed by atoms with van der Waals surface area (Å²) in [5, 5.41) is 9.30. The first-order valence-corrected chi connectivity index (χ1v) is 9.25. The van der Waals surface area contributed by atoms with Crippen molar-refractivity contribution in [3.63, 3.8) is 0 Å². The summed E-state index contributed by atoms with van der Waals surface area (Å²) >= 11 is 0. The molecule has 3 aromatic rings. The van der Waals surface area contributed by atoms with Crippen molar-refractivity contribution in [1.29, 1.82) is 5.26 Å². The lowest BCUT2D eigenvalue weighted by Gasteiger charge is -2.34. The second-order valence-corrected chi connectivity index (χ2v) is 6.65. The maximum atomic E-state index is 13.0. The second-order valence-electron chi connectivity index (χ2n) is 6.65. The number of benzene rings is 1. The number of piperazine rings is 1. The minimum absolute atomic E-state index is 0.105. The third-order valence-electron chi connectivity index (χ3n) is 4.90. The van der Waals surface area contributed by atoms with Gasteiger partial charge in [-0.3, -0.25) is 14.6 Å². The number of furan rings is 1. The van der Waals surface area contributed by atoms with Gasteiger partial charge in [0.05, 0.1) is 17.5 Å². The highest BCUT2D eigenvalue weighted by atomic mass is 16.3. The molecular formula is C22H18N4O3. The Morgan fingerprint density at radius 1 is 0.966 bits per heavy atom. The molecule has 3 heterocycles. The summed E-state index contributed by atoms with van der Waals surface area (Å²) in [5.74, 6) is 0.0378. The molecule has 1 fully saturated rings. The molecule has 29 heavy (non-hydrogen) atoms. The van der Waals surface area contributed by atoms with Crippen LogP contribution in [-0.4, -0.2) is 52.8 Å². The van der Waals surface area contributed by atoms with E-state index in [2.05, 4.69) is 11.1 Å². The summed E-state index contributed by atoms with van der Waals surface area (Å²) in [4.78, 5) is 33.0. The van der Waals surface area contributed by atoms with Gasteiger partial charge in [0, 0.05) is 43.5 Å². The number of hydrogen-bond acceptors (Lipinski definition) is 5. The molecule has 0 N–H and O–H groups in total. The summed E-state index contributed by atoms with van der Waals surface area (Å²) in [6, 6.07) is 16.0. The van der Waals surface area contributed by atoms with Crippen LogP contribution in [0.2, 0.25) is 0 Å². The van der Waals surface area contributed by atoms with E-state index in [1.807, 2.05) is 6.07 Å². The summed E-state index contributed by atoms with van der Waals surface area (Å²) in [6.45, 7) is 1.79. The van der Waals surface area contributed by atoms with E-state index >= 15 is 0 Å². The van der Waals surface area contributed by atoms with E-state index < -0.39 is 0 Å². The van der Waals surface area contributed by atoms with E-state index in [1.54, 1.807) is 58.5 Å². The fourth-order valence-electron chi connectivity index (χ4n) is 3.38. The molecule has 1 saturated heterocycles. The first kappa shape index (κ1) is 18.4. The normalized spacial score (nSPS) is 13.8. The van der Waals surface area contributed by atoms with Gasteiger partial charge in [0.1, 0.15) is 6.07 Å². The number of carbonyl (C=O) groups excluding carboxylic acids is 2. The van der Waals surface area contributed by atoms with Crippen molar-refractivity contribution in [2.75, 3.05) is 26.2 Å². The number of pyridine rings is 1. The lowest BCUT2D eigenvalue weighted by atomic mass is 10.0. The Hall–Kier alpha value is -3.92. The number of hydrogen-bond donors (Lipinski definition) is 0. The zero-order chi connectivity index (χ0) is 20.2. The van der Waals surface area contributed by atoms with Crippen molar-refractivity contribution in [3.05, 3.63) is 77.9 Å². The third-order valence-corrected chi connectivity index (χ3v) is 4.90. The van der Waals surface area contributed by atoms with Gasteiger partial charge in [0.2, 0.25) is 0 Å². The van der Waals surface area contributed by atoms with Gasteiger partial charge in [-0.2, -0.15) is 5.26 Å². The molecule has 0 unspecified atom stereocenters. The Bertz CT molecular complexity index is 1080. The number of carbonyl (C=O) groups is 2. The third kappa shape index (κ3) is 3.73. The van der Waals surface area contributed by atoms with Crippen molar-refractivity contribution in [3.8, 4) is 17.3 Å². The van der Waals surface area contributed by atoms with E-state index in [-0.39, 0.29) is 11.8 Å². The maximum Gasteiger partial charge on any atom is 0.289 e. The molecule has 1 aromatic carbocycles. The monoisotopic (exact) mass is 386 g/mol. The highest BCUT2D eigenvalue weighted by Crippen LogP contribution is 2.22. The summed E-state index contributed by atoms with van der Waals surface area (Å²) < 4.78 is 5.17. The SMILES string of the molecule is N#Cc1cccnc1-c1cccc(C(=O)N2CCN(C(=O)c3ccco3)CC2)c1. The first-order valence-electron chi connectivity index (χ1n) is 9.25. The van der Waals surface area contributed by atoms with Crippen LogP contribution in [0.1, 0.15) is 26.5 Å². The fraction of sp³-hybridized carbons (Fsp3) is 0.182. The van der Waals surface area contributed by atoms with Crippen LogP contribution < -0.4 is 0 Å². The molecule has 2 amide bonds. The fourth-order valence-corrected chi connectivity index (χ4v) is 3.38. The molecule has 0 bridgehead atoms. The van der Waals surface area contributed by atoms with Crippen molar-refractivity contribution in [2.24, 2.45) is 0 Å². The Morgan fingerprint density at radius 2 is 1.72 bits per heavy atom. The maximum absolute atomic E-state index is 13.0. The Kier molecular flexibility index (Phi) is 5.08. The zero-order valence-electron chi connectivity index (χ0n) is 15.6. The molecule has 7 heteroatoms. The molecule has 0 aliphatic carbocycles. The molecule has 7 nitrogen and oxygen atoms in total. The van der Waals surface area contributed by atoms with Crippen LogP contribution in [0.4, 0.5) is 0 Å². The molecular weight excluding hydrogens is 368 g/mol. The highest BCUT2D eigenvalue weighted by molar-refractivity contribution is 5.96. The van der Waals surface area contributed by atoms with Crippen LogP contribution in [0, 0.1) is 11.3 Å². The molecule has 0 saturated carbocycles. The number of rotatable bonds is 3. The average molecular weight is 386 g/mol. The number of nitriles is 1. The molecule has 1 aliphatic rings. The Morgan fingerprint density at radius 3 is 2.41 bits per heavy atom. The lowest BCUT2D eigenvalue weighted by Crippen LogP contribution is -2.50. The molecule has 4 rings (SSSR count). The molecule has 0 atom stereocenters. The van der Waals surface area contributed by atoms with E-state index in [4.69, 9.17) is 4.42 Å². The van der Waals surface area contributed by atoms with Crippen LogP contribution in [-0.2, 0) is 0 Å². The summed E-state index contributed by atoms with van der Waals surface area (Å²) in [6.07, 6.45) is 3.10. The van der Waals surface area contributed by atoms with Crippen molar-refractivity contribution in [2.45, 2.75) is 0 Å². The Labute approximate surface area is 167 Å². The van der Waals surface area contributed by atoms with Crippen LogP contribution >= 0.6 is 0 Å². The number of nitrogens with zero attached hydrogens (tertiary/aromatic N) is 4. The van der Waals surface area contributed by atoms with E-state index in [0.29, 0.717) is 48.8 Å². The second kappa shape index (κ2) is 7.98. The average Bonchev–Trinajstić information content (AvgIpc) is 3.33. The minimum Gasteiger partial charge on any atom is -0.459 e. The Balaban J connectivity index is 1.47. The summed E-state index contributed by atoms with van der Waals surface area (Å²) in [7, 11) is 0. The number of aromatic nitrogens is 1. The van der Waals surface area contributed by atoms with Gasteiger partial charge < -0.3 is 14.2 Å². The quantitative estimate of drug-likeness (QED) is 0.690. The smallest absolute Gasteiger partial charge is 0.289 e. The van der Waals surface area contributed by atoms with Gasteiger partial charge in [0.25, 0.3) is 11.8 Å². The zero-order valence-corrected chi connectivity index (χ0v) is 15.6. The number of amides is 2. The van der Waals surface area contributed by atoms with E-state index in [0.717, 1.165) is 5.56 Å². The van der Waals surface area contributed by atoms with E-state index in [9.17, 15) is 14.9 Å². The van der Waals surface area contributed by atoms with Crippen LogP contribution in [0.3, 0.4) is 0 Å². The van der Waals surface area contributed by atoms with Crippen molar-refractivity contribution < 1.29 is 14.0 Å². The van der Waals surface area contributed by atoms with Gasteiger partial charge >= 0.3 is 0 Å². The van der Waals surface area contributed by atoms with Gasteiger partial charge in [-0.05, 0) is 36.4 Å². The molecule has 1 aliphatic heterocycles. The molecule has 0 spiro atoms. The lowest BCUT2D eigenvalue weighted by molar-refractivity contribution is 0.0518. The van der Waals surface area contributed by atoms with Crippen LogP contribution in [0.25, 0.3) is 11.3 Å². The van der Waals surface area contributed by atoms with Gasteiger partial charge in [-0.25, -0.2) is 0 Å². The summed E-state index contributed by atoms with van der Waals surface area (Å²) in [5.41, 5.74) is 2.27. The van der Waals surface area contributed by atoms with Crippen LogP contribution in [0.15, 0.2) is 65.4 Å². The van der Waals surface area contributed by atoms with Crippen molar-refractivity contribution in [1.82, 2.24) is 14.8 Å². The van der Waals surface area contributed by atoms with E-state index in [1.165, 1.54) is 6.26 Å². The molecule has 2 aromatic heterocycles. The predicted molar refractivity (Wildman–Crippen MR) is 105 cm³/mol.